The molecule has 0 atom stereocenters. The number of pyridine rings is 1. The molecule has 0 saturated carbocycles. The highest BCUT2D eigenvalue weighted by molar-refractivity contribution is 7.99. The van der Waals surface area contributed by atoms with E-state index in [1.165, 1.54) is 16.4 Å². The lowest BCUT2D eigenvalue weighted by molar-refractivity contribution is -0.140. The predicted octanol–water partition coefficient (Wildman–Crippen LogP) is 1.10. The van der Waals surface area contributed by atoms with E-state index in [4.69, 9.17) is 10.6 Å². The van der Waals surface area contributed by atoms with Gasteiger partial charge in [-0.3, -0.25) is 9.78 Å². The third-order valence-electron chi connectivity index (χ3n) is 2.39. The van der Waals surface area contributed by atoms with Crippen LogP contribution < -0.4 is 5.84 Å². The topological polar surface area (TPSA) is 95.9 Å². The molecule has 0 aliphatic carbocycles. The lowest BCUT2D eigenvalue weighted by Gasteiger charge is -2.04. The minimum atomic E-state index is -0.287. The number of carbonyl (C=O) groups excluding carboxylic acids is 1. The van der Waals surface area contributed by atoms with Crippen LogP contribution in [0.5, 0.6) is 0 Å². The van der Waals surface area contributed by atoms with Crippen molar-refractivity contribution < 1.29 is 9.53 Å². The summed E-state index contributed by atoms with van der Waals surface area (Å²) < 4.78 is 6.33. The summed E-state index contributed by atoms with van der Waals surface area (Å²) in [6, 6.07) is 3.58. The van der Waals surface area contributed by atoms with Gasteiger partial charge in [0.05, 0.1) is 12.4 Å². The second-order valence-corrected chi connectivity index (χ2v) is 4.86. The first-order valence-corrected chi connectivity index (χ1v) is 7.10. The van der Waals surface area contributed by atoms with Crippen molar-refractivity contribution in [1.82, 2.24) is 19.9 Å². The quantitative estimate of drug-likeness (QED) is 0.484. The van der Waals surface area contributed by atoms with Crippen LogP contribution in [0.15, 0.2) is 29.7 Å². The van der Waals surface area contributed by atoms with Crippen LogP contribution in [0.4, 0.5) is 0 Å². The number of thioether (sulfide) groups is 1. The average Bonchev–Trinajstić information content (AvgIpc) is 2.85. The summed E-state index contributed by atoms with van der Waals surface area (Å²) in [6.07, 6.45) is 4.10. The number of nitrogens with zero attached hydrogens (tertiary/aromatic N) is 4. The fourth-order valence-electron chi connectivity index (χ4n) is 1.45. The van der Waals surface area contributed by atoms with Crippen molar-refractivity contribution in [2.45, 2.75) is 18.5 Å². The van der Waals surface area contributed by atoms with E-state index in [1.54, 1.807) is 24.5 Å². The molecular formula is C12H15N5O2S. The molecule has 0 radical (unpaired) electrons. The maximum absolute atomic E-state index is 11.4. The molecule has 0 bridgehead atoms. The summed E-state index contributed by atoms with van der Waals surface area (Å²) in [5, 5.41) is 8.44. The number of ether oxygens (including phenoxy) is 1. The van der Waals surface area contributed by atoms with Gasteiger partial charge in [-0.25, -0.2) is 4.68 Å². The molecule has 8 heteroatoms. The van der Waals surface area contributed by atoms with Crippen molar-refractivity contribution in [1.29, 1.82) is 0 Å². The van der Waals surface area contributed by atoms with Gasteiger partial charge in [-0.1, -0.05) is 18.7 Å². The Morgan fingerprint density at radius 1 is 1.40 bits per heavy atom. The zero-order valence-corrected chi connectivity index (χ0v) is 11.8. The fourth-order valence-corrected chi connectivity index (χ4v) is 2.11. The van der Waals surface area contributed by atoms with E-state index < -0.39 is 0 Å². The number of hydrogen-bond donors (Lipinski definition) is 1. The summed E-state index contributed by atoms with van der Waals surface area (Å²) in [4.78, 5) is 15.3. The monoisotopic (exact) mass is 293 g/mol. The maximum atomic E-state index is 11.4. The van der Waals surface area contributed by atoms with Crippen LogP contribution in [-0.2, 0) is 9.53 Å². The van der Waals surface area contributed by atoms with Crippen LogP contribution in [0.25, 0.3) is 11.4 Å². The fraction of sp³-hybridized carbons (Fsp3) is 0.333. The molecule has 0 aromatic carbocycles. The predicted molar refractivity (Wildman–Crippen MR) is 75.4 cm³/mol. The summed E-state index contributed by atoms with van der Waals surface area (Å²) in [5.41, 5.74) is 0.815. The van der Waals surface area contributed by atoms with Gasteiger partial charge < -0.3 is 10.6 Å². The molecule has 0 spiro atoms. The second kappa shape index (κ2) is 6.90. The van der Waals surface area contributed by atoms with E-state index in [1.807, 2.05) is 6.92 Å². The average molecular weight is 293 g/mol. The Morgan fingerprint density at radius 2 is 2.15 bits per heavy atom. The van der Waals surface area contributed by atoms with Crippen molar-refractivity contribution >= 4 is 17.7 Å². The molecule has 106 valence electrons. The minimum absolute atomic E-state index is 0.158. The van der Waals surface area contributed by atoms with Crippen LogP contribution in [0.3, 0.4) is 0 Å². The minimum Gasteiger partial charge on any atom is -0.465 e. The van der Waals surface area contributed by atoms with Crippen molar-refractivity contribution in [2.75, 3.05) is 18.2 Å². The van der Waals surface area contributed by atoms with E-state index in [0.717, 1.165) is 12.0 Å². The van der Waals surface area contributed by atoms with Gasteiger partial charge in [0, 0.05) is 18.0 Å². The first kappa shape index (κ1) is 14.3. The van der Waals surface area contributed by atoms with Crippen LogP contribution in [0.1, 0.15) is 13.3 Å². The Balaban J connectivity index is 2.01. The molecule has 2 aromatic rings. The molecule has 0 aliphatic heterocycles. The Bertz CT molecular complexity index is 572. The highest BCUT2D eigenvalue weighted by atomic mass is 32.2. The van der Waals surface area contributed by atoms with Gasteiger partial charge in [0.15, 0.2) is 5.82 Å². The molecule has 7 nitrogen and oxygen atoms in total. The number of nitrogen functional groups attached to an aromatic ring is 1. The Morgan fingerprint density at radius 3 is 2.85 bits per heavy atom. The number of carbonyl (C=O) groups is 1. The Labute approximate surface area is 120 Å². The lowest BCUT2D eigenvalue weighted by atomic mass is 10.2. The summed E-state index contributed by atoms with van der Waals surface area (Å²) in [6.45, 7) is 2.37. The number of aromatic nitrogens is 4. The SMILES string of the molecule is CCCOC(=O)CSc1nnc(-c2ccncc2)n1N. The summed E-state index contributed by atoms with van der Waals surface area (Å²) >= 11 is 1.20. The first-order chi connectivity index (χ1) is 9.72. The molecule has 0 fully saturated rings. The third-order valence-corrected chi connectivity index (χ3v) is 3.31. The molecule has 2 N–H and O–H groups in total. The molecule has 20 heavy (non-hydrogen) atoms. The van der Waals surface area contributed by atoms with Gasteiger partial charge in [-0.2, -0.15) is 0 Å². The summed E-state index contributed by atoms with van der Waals surface area (Å²) in [7, 11) is 0. The van der Waals surface area contributed by atoms with Crippen LogP contribution in [-0.4, -0.2) is 38.2 Å². The van der Waals surface area contributed by atoms with Crippen molar-refractivity contribution in [3.8, 4) is 11.4 Å². The molecule has 2 rings (SSSR count). The van der Waals surface area contributed by atoms with Gasteiger partial charge in [-0.05, 0) is 18.6 Å². The smallest absolute Gasteiger partial charge is 0.316 e. The largest absolute Gasteiger partial charge is 0.465 e. The Kier molecular flexibility index (Phi) is 4.94. The van der Waals surface area contributed by atoms with Crippen molar-refractivity contribution in [2.24, 2.45) is 0 Å². The zero-order chi connectivity index (χ0) is 14.4. The molecule has 0 unspecified atom stereocenters. The van der Waals surface area contributed by atoms with E-state index in [2.05, 4.69) is 15.2 Å². The molecule has 0 amide bonds. The molecule has 2 heterocycles. The highest BCUT2D eigenvalue weighted by Crippen LogP contribution is 2.20. The maximum Gasteiger partial charge on any atom is 0.316 e. The zero-order valence-electron chi connectivity index (χ0n) is 11.0. The van der Waals surface area contributed by atoms with Gasteiger partial charge >= 0.3 is 5.97 Å². The molecule has 0 aliphatic rings. The highest BCUT2D eigenvalue weighted by Gasteiger charge is 2.13. The Hall–Kier alpha value is -2.09. The molecule has 0 saturated heterocycles. The first-order valence-electron chi connectivity index (χ1n) is 6.11. The number of hydrogen-bond acceptors (Lipinski definition) is 7. The van der Waals surface area contributed by atoms with Crippen LogP contribution in [0.2, 0.25) is 0 Å². The number of nitrogens with two attached hydrogens (primary N) is 1. The van der Waals surface area contributed by atoms with Gasteiger partial charge in [-0.15, -0.1) is 10.2 Å². The molecular weight excluding hydrogens is 278 g/mol. The van der Waals surface area contributed by atoms with Gasteiger partial charge in [0.25, 0.3) is 0 Å². The lowest BCUT2D eigenvalue weighted by Crippen LogP contribution is -2.13. The number of rotatable bonds is 6. The summed E-state index contributed by atoms with van der Waals surface area (Å²) in [5.74, 6) is 6.32. The molecule has 2 aromatic heterocycles. The van der Waals surface area contributed by atoms with Gasteiger partial charge in [0.2, 0.25) is 5.16 Å². The number of esters is 1. The van der Waals surface area contributed by atoms with E-state index in [9.17, 15) is 4.79 Å². The standard InChI is InChI=1S/C12H15N5O2S/c1-2-7-19-10(18)8-20-12-16-15-11(17(12)13)9-3-5-14-6-4-9/h3-6H,2,7-8,13H2,1H3. The second-order valence-electron chi connectivity index (χ2n) is 3.92. The third kappa shape index (κ3) is 3.47. The van der Waals surface area contributed by atoms with E-state index in [-0.39, 0.29) is 11.7 Å². The van der Waals surface area contributed by atoms with Crippen molar-refractivity contribution in [3.05, 3.63) is 24.5 Å². The van der Waals surface area contributed by atoms with E-state index >= 15 is 0 Å². The van der Waals surface area contributed by atoms with Crippen LogP contribution in [0, 0.1) is 0 Å². The van der Waals surface area contributed by atoms with E-state index in [0.29, 0.717) is 17.6 Å². The van der Waals surface area contributed by atoms with Crippen molar-refractivity contribution in [3.63, 3.8) is 0 Å². The van der Waals surface area contributed by atoms with Crippen LogP contribution >= 0.6 is 11.8 Å². The normalized spacial score (nSPS) is 10.4. The van der Waals surface area contributed by atoms with Gasteiger partial charge in [0.1, 0.15) is 0 Å².